The molecule has 2 aromatic rings. The summed E-state index contributed by atoms with van der Waals surface area (Å²) in [6.45, 7) is 2.74. The first-order valence-corrected chi connectivity index (χ1v) is 6.03. The summed E-state index contributed by atoms with van der Waals surface area (Å²) in [5.74, 6) is 0. The number of aromatic nitrogens is 1. The molecule has 0 aliphatic heterocycles. The largest absolute Gasteiger partial charge is 0.306 e. The van der Waals surface area contributed by atoms with E-state index in [9.17, 15) is 10.1 Å². The zero-order chi connectivity index (χ0) is 13.7. The van der Waals surface area contributed by atoms with Crippen LogP contribution < -0.4 is 5.32 Å². The molecule has 0 bridgehead atoms. The highest BCUT2D eigenvalue weighted by Gasteiger charge is 2.06. The Hall–Kier alpha value is -2.27. The molecule has 5 heteroatoms. The number of nitrogens with one attached hydrogen (secondary N) is 1. The Balaban J connectivity index is 1.93. The first kappa shape index (κ1) is 13.2. The highest BCUT2D eigenvalue weighted by atomic mass is 16.6. The molecule has 0 amide bonds. The van der Waals surface area contributed by atoms with Gasteiger partial charge in [0.1, 0.15) is 0 Å². The minimum atomic E-state index is -0.392. The van der Waals surface area contributed by atoms with Gasteiger partial charge in [-0.3, -0.25) is 15.1 Å². The Morgan fingerprint density at radius 1 is 1.21 bits per heavy atom. The van der Waals surface area contributed by atoms with Gasteiger partial charge < -0.3 is 5.32 Å². The van der Waals surface area contributed by atoms with Crippen molar-refractivity contribution in [1.29, 1.82) is 0 Å². The van der Waals surface area contributed by atoms with Gasteiger partial charge in [-0.2, -0.15) is 0 Å². The number of nitro benzene ring substituents is 1. The van der Waals surface area contributed by atoms with Crippen LogP contribution in [0.3, 0.4) is 0 Å². The van der Waals surface area contributed by atoms with Crippen LogP contribution in [-0.2, 0) is 6.54 Å². The van der Waals surface area contributed by atoms with Gasteiger partial charge in [0.05, 0.1) is 4.92 Å². The number of hydrogen-bond acceptors (Lipinski definition) is 4. The van der Waals surface area contributed by atoms with Crippen LogP contribution in [0.15, 0.2) is 48.8 Å². The number of nitro groups is 1. The van der Waals surface area contributed by atoms with Crippen molar-refractivity contribution in [2.75, 3.05) is 0 Å². The zero-order valence-electron chi connectivity index (χ0n) is 10.6. The fourth-order valence-electron chi connectivity index (χ4n) is 1.78. The van der Waals surface area contributed by atoms with Gasteiger partial charge in [0.25, 0.3) is 5.69 Å². The van der Waals surface area contributed by atoms with Crippen molar-refractivity contribution in [2.24, 2.45) is 0 Å². The summed E-state index contributed by atoms with van der Waals surface area (Å²) in [4.78, 5) is 14.1. The lowest BCUT2D eigenvalue weighted by molar-refractivity contribution is -0.384. The van der Waals surface area contributed by atoms with Gasteiger partial charge in [-0.05, 0) is 30.2 Å². The van der Waals surface area contributed by atoms with Crippen LogP contribution in [0.1, 0.15) is 24.1 Å². The van der Waals surface area contributed by atoms with Crippen molar-refractivity contribution in [3.05, 3.63) is 70.0 Å². The van der Waals surface area contributed by atoms with E-state index in [1.165, 1.54) is 12.1 Å². The van der Waals surface area contributed by atoms with Gasteiger partial charge in [-0.15, -0.1) is 0 Å². The summed E-state index contributed by atoms with van der Waals surface area (Å²) >= 11 is 0. The molecule has 0 saturated carbocycles. The van der Waals surface area contributed by atoms with Crippen LogP contribution in [0.25, 0.3) is 0 Å². The van der Waals surface area contributed by atoms with Crippen molar-refractivity contribution in [1.82, 2.24) is 10.3 Å². The van der Waals surface area contributed by atoms with E-state index in [0.29, 0.717) is 6.54 Å². The Bertz CT molecular complexity index is 540. The van der Waals surface area contributed by atoms with E-state index >= 15 is 0 Å². The maximum absolute atomic E-state index is 10.5. The Labute approximate surface area is 111 Å². The average Bonchev–Trinajstić information content (AvgIpc) is 2.46. The molecular formula is C14H15N3O2. The zero-order valence-corrected chi connectivity index (χ0v) is 10.6. The summed E-state index contributed by atoms with van der Waals surface area (Å²) < 4.78 is 0. The van der Waals surface area contributed by atoms with E-state index in [1.54, 1.807) is 24.5 Å². The monoisotopic (exact) mass is 257 g/mol. The van der Waals surface area contributed by atoms with Crippen molar-refractivity contribution in [2.45, 2.75) is 19.5 Å². The molecule has 19 heavy (non-hydrogen) atoms. The summed E-state index contributed by atoms with van der Waals surface area (Å²) in [7, 11) is 0. The molecule has 1 atom stereocenters. The third-order valence-corrected chi connectivity index (χ3v) is 2.97. The van der Waals surface area contributed by atoms with Crippen molar-refractivity contribution in [3.63, 3.8) is 0 Å². The smallest absolute Gasteiger partial charge is 0.269 e. The second-order valence-corrected chi connectivity index (χ2v) is 4.31. The van der Waals surface area contributed by atoms with Crippen molar-refractivity contribution >= 4 is 5.69 Å². The molecule has 0 saturated heterocycles. The highest BCUT2D eigenvalue weighted by molar-refractivity contribution is 5.32. The molecule has 0 radical (unpaired) electrons. The van der Waals surface area contributed by atoms with Crippen molar-refractivity contribution < 1.29 is 4.92 Å². The van der Waals surface area contributed by atoms with Gasteiger partial charge in [0, 0.05) is 37.1 Å². The Morgan fingerprint density at radius 2 is 1.84 bits per heavy atom. The van der Waals surface area contributed by atoms with Gasteiger partial charge in [-0.25, -0.2) is 0 Å². The maximum Gasteiger partial charge on any atom is 0.269 e. The third-order valence-electron chi connectivity index (χ3n) is 2.97. The second-order valence-electron chi connectivity index (χ2n) is 4.31. The number of nitrogens with zero attached hydrogens (tertiary/aromatic N) is 2. The Morgan fingerprint density at radius 3 is 2.42 bits per heavy atom. The normalized spacial score (nSPS) is 12.1. The van der Waals surface area contributed by atoms with Gasteiger partial charge >= 0.3 is 0 Å². The van der Waals surface area contributed by atoms with E-state index in [1.807, 2.05) is 12.1 Å². The molecule has 0 fully saturated rings. The number of hydrogen-bond donors (Lipinski definition) is 1. The van der Waals surface area contributed by atoms with Crippen LogP contribution in [0, 0.1) is 10.1 Å². The summed E-state index contributed by atoms with van der Waals surface area (Å²) in [6, 6.07) is 10.7. The van der Waals surface area contributed by atoms with Gasteiger partial charge in [0.2, 0.25) is 0 Å². The molecule has 1 aromatic heterocycles. The predicted octanol–water partition coefficient (Wildman–Crippen LogP) is 2.84. The van der Waals surface area contributed by atoms with Crippen LogP contribution in [0.4, 0.5) is 5.69 Å². The topological polar surface area (TPSA) is 68.1 Å². The van der Waals surface area contributed by atoms with E-state index in [4.69, 9.17) is 0 Å². The fraction of sp³-hybridized carbons (Fsp3) is 0.214. The lowest BCUT2D eigenvalue weighted by Crippen LogP contribution is -2.18. The van der Waals surface area contributed by atoms with E-state index in [-0.39, 0.29) is 11.7 Å². The van der Waals surface area contributed by atoms with Crippen LogP contribution in [0.5, 0.6) is 0 Å². The minimum absolute atomic E-state index is 0.117. The van der Waals surface area contributed by atoms with Crippen LogP contribution in [-0.4, -0.2) is 9.91 Å². The Kier molecular flexibility index (Phi) is 4.20. The SMILES string of the molecule is C[C@@H](NCc1ccc([N+](=O)[O-])cc1)c1ccncc1. The van der Waals surface area contributed by atoms with E-state index in [0.717, 1.165) is 11.1 Å². The highest BCUT2D eigenvalue weighted by Crippen LogP contribution is 2.14. The molecule has 0 spiro atoms. The molecule has 5 nitrogen and oxygen atoms in total. The molecule has 0 aliphatic carbocycles. The third kappa shape index (κ3) is 3.59. The molecule has 1 N–H and O–H groups in total. The van der Waals surface area contributed by atoms with Crippen LogP contribution in [0.2, 0.25) is 0 Å². The molecule has 1 heterocycles. The molecule has 98 valence electrons. The molecule has 1 aromatic carbocycles. The number of benzene rings is 1. The minimum Gasteiger partial charge on any atom is -0.306 e. The molecule has 2 rings (SSSR count). The molecule has 0 unspecified atom stereocenters. The second kappa shape index (κ2) is 6.06. The predicted molar refractivity (Wildman–Crippen MR) is 72.6 cm³/mol. The maximum atomic E-state index is 10.5. The van der Waals surface area contributed by atoms with Crippen LogP contribution >= 0.6 is 0 Å². The van der Waals surface area contributed by atoms with Gasteiger partial charge in [0.15, 0.2) is 0 Å². The van der Waals surface area contributed by atoms with Gasteiger partial charge in [-0.1, -0.05) is 12.1 Å². The lowest BCUT2D eigenvalue weighted by Gasteiger charge is -2.13. The summed E-state index contributed by atoms with van der Waals surface area (Å²) in [5, 5.41) is 13.9. The molecule has 0 aliphatic rings. The number of pyridine rings is 1. The quantitative estimate of drug-likeness (QED) is 0.660. The lowest BCUT2D eigenvalue weighted by atomic mass is 10.1. The summed E-state index contributed by atoms with van der Waals surface area (Å²) in [5.41, 5.74) is 2.30. The van der Waals surface area contributed by atoms with E-state index in [2.05, 4.69) is 17.2 Å². The average molecular weight is 257 g/mol. The number of rotatable bonds is 5. The first-order chi connectivity index (χ1) is 9.16. The van der Waals surface area contributed by atoms with E-state index < -0.39 is 4.92 Å². The molecular weight excluding hydrogens is 242 g/mol. The van der Waals surface area contributed by atoms with Crippen molar-refractivity contribution in [3.8, 4) is 0 Å². The number of non-ortho nitro benzene ring substituents is 1. The summed E-state index contributed by atoms with van der Waals surface area (Å²) in [6.07, 6.45) is 3.53. The fourth-order valence-corrected chi connectivity index (χ4v) is 1.78. The standard InChI is InChI=1S/C14H15N3O2/c1-11(13-6-8-15-9-7-13)16-10-12-2-4-14(5-3-12)17(18)19/h2-9,11,16H,10H2,1H3/t11-/m1/s1. The first-order valence-electron chi connectivity index (χ1n) is 6.03.